The second-order valence-electron chi connectivity index (χ2n) is 5.57. The van der Waals surface area contributed by atoms with Crippen LogP contribution in [0, 0.1) is 13.8 Å². The smallest absolute Gasteiger partial charge is 0.329 e. The molecule has 1 aromatic heterocycles. The average molecular weight is 284 g/mol. The van der Waals surface area contributed by atoms with E-state index in [1.54, 1.807) is 18.7 Å². The molecule has 5 nitrogen and oxygen atoms in total. The Hall–Kier alpha value is -2.30. The van der Waals surface area contributed by atoms with Gasteiger partial charge in [-0.25, -0.2) is 9.78 Å². The van der Waals surface area contributed by atoms with Gasteiger partial charge in [0.15, 0.2) is 0 Å². The van der Waals surface area contributed by atoms with Gasteiger partial charge in [0, 0.05) is 44.3 Å². The van der Waals surface area contributed by atoms with E-state index in [2.05, 4.69) is 41.9 Å². The normalized spacial score (nSPS) is 15.3. The fourth-order valence-corrected chi connectivity index (χ4v) is 2.82. The van der Waals surface area contributed by atoms with Gasteiger partial charge in [0.2, 0.25) is 0 Å². The minimum Gasteiger partial charge on any atom is -0.368 e. The molecule has 0 spiro atoms. The number of imidazole rings is 1. The van der Waals surface area contributed by atoms with Gasteiger partial charge < -0.3 is 9.80 Å². The number of anilines is 1. The molecule has 0 unspecified atom stereocenters. The van der Waals surface area contributed by atoms with Crippen molar-refractivity contribution in [2.45, 2.75) is 13.8 Å². The molecular formula is C16H20N4O. The van der Waals surface area contributed by atoms with Crippen molar-refractivity contribution in [2.75, 3.05) is 31.1 Å². The molecule has 1 fully saturated rings. The molecule has 0 N–H and O–H groups in total. The molecule has 21 heavy (non-hydrogen) atoms. The number of rotatable bonds is 1. The van der Waals surface area contributed by atoms with Crippen LogP contribution in [0.25, 0.3) is 0 Å². The minimum atomic E-state index is 0.00701. The zero-order valence-corrected chi connectivity index (χ0v) is 12.5. The van der Waals surface area contributed by atoms with E-state index in [4.69, 9.17) is 0 Å². The highest BCUT2D eigenvalue weighted by atomic mass is 16.2. The van der Waals surface area contributed by atoms with Crippen LogP contribution in [0.3, 0.4) is 0 Å². The summed E-state index contributed by atoms with van der Waals surface area (Å²) >= 11 is 0. The molecule has 0 saturated carbocycles. The molecule has 0 bridgehead atoms. The summed E-state index contributed by atoms with van der Waals surface area (Å²) < 4.78 is 1.53. The molecular weight excluding hydrogens is 264 g/mol. The lowest BCUT2D eigenvalue weighted by atomic mass is 10.1. The Morgan fingerprint density at radius 2 is 1.71 bits per heavy atom. The molecule has 1 aromatic carbocycles. The van der Waals surface area contributed by atoms with E-state index in [1.807, 2.05) is 4.90 Å². The molecule has 0 atom stereocenters. The third kappa shape index (κ3) is 2.91. The number of hydrogen-bond acceptors (Lipinski definition) is 3. The second kappa shape index (κ2) is 5.60. The first kappa shape index (κ1) is 13.7. The number of carbonyl (C=O) groups is 1. The molecule has 1 saturated heterocycles. The number of nitrogens with zero attached hydrogens (tertiary/aromatic N) is 4. The highest BCUT2D eigenvalue weighted by molar-refractivity contribution is 5.77. The first-order chi connectivity index (χ1) is 10.1. The molecule has 1 aliphatic heterocycles. The van der Waals surface area contributed by atoms with Gasteiger partial charge in [0.1, 0.15) is 6.33 Å². The SMILES string of the molecule is Cc1cc(C)cc(N2CCN(C(=O)n3ccnc3)CC2)c1. The Morgan fingerprint density at radius 3 is 2.29 bits per heavy atom. The molecule has 3 rings (SSSR count). The standard InChI is InChI=1S/C16H20N4O/c1-13-9-14(2)11-15(10-13)18-5-7-19(8-6-18)16(21)20-4-3-17-12-20/h3-4,9-12H,5-8H2,1-2H3. The van der Waals surface area contributed by atoms with E-state index in [-0.39, 0.29) is 6.03 Å². The summed E-state index contributed by atoms with van der Waals surface area (Å²) in [6.07, 6.45) is 4.88. The van der Waals surface area contributed by atoms with Gasteiger partial charge in [-0.2, -0.15) is 0 Å². The number of amides is 1. The first-order valence-electron chi connectivity index (χ1n) is 7.24. The molecule has 2 aromatic rings. The fourth-order valence-electron chi connectivity index (χ4n) is 2.82. The topological polar surface area (TPSA) is 41.4 Å². The van der Waals surface area contributed by atoms with Crippen molar-refractivity contribution in [1.29, 1.82) is 0 Å². The van der Waals surface area contributed by atoms with E-state index in [1.165, 1.54) is 21.4 Å². The maximum absolute atomic E-state index is 12.2. The Kier molecular flexibility index (Phi) is 3.64. The summed E-state index contributed by atoms with van der Waals surface area (Å²) in [7, 11) is 0. The van der Waals surface area contributed by atoms with Crippen molar-refractivity contribution >= 4 is 11.7 Å². The van der Waals surface area contributed by atoms with Crippen molar-refractivity contribution in [3.05, 3.63) is 48.0 Å². The lowest BCUT2D eigenvalue weighted by Gasteiger charge is -2.36. The van der Waals surface area contributed by atoms with Crippen LogP contribution in [0.2, 0.25) is 0 Å². The summed E-state index contributed by atoms with van der Waals surface area (Å²) in [5.74, 6) is 0. The zero-order valence-electron chi connectivity index (χ0n) is 12.5. The van der Waals surface area contributed by atoms with Crippen LogP contribution in [0.15, 0.2) is 36.9 Å². The van der Waals surface area contributed by atoms with Crippen molar-refractivity contribution in [3.63, 3.8) is 0 Å². The molecule has 5 heteroatoms. The van der Waals surface area contributed by atoms with Gasteiger partial charge >= 0.3 is 6.03 Å². The van der Waals surface area contributed by atoms with Gasteiger partial charge in [0.25, 0.3) is 0 Å². The number of benzene rings is 1. The lowest BCUT2D eigenvalue weighted by Crippen LogP contribution is -2.49. The second-order valence-corrected chi connectivity index (χ2v) is 5.57. The van der Waals surface area contributed by atoms with E-state index in [0.29, 0.717) is 0 Å². The van der Waals surface area contributed by atoms with Gasteiger partial charge in [-0.3, -0.25) is 4.57 Å². The predicted molar refractivity (Wildman–Crippen MR) is 82.7 cm³/mol. The summed E-state index contributed by atoms with van der Waals surface area (Å²) in [6, 6.07) is 6.61. The van der Waals surface area contributed by atoms with E-state index in [0.717, 1.165) is 26.2 Å². The molecule has 1 aliphatic rings. The quantitative estimate of drug-likeness (QED) is 0.807. The first-order valence-corrected chi connectivity index (χ1v) is 7.24. The number of carbonyl (C=O) groups excluding carboxylic acids is 1. The predicted octanol–water partition coefficient (Wildman–Crippen LogP) is 2.29. The highest BCUT2D eigenvalue weighted by Gasteiger charge is 2.22. The summed E-state index contributed by atoms with van der Waals surface area (Å²) in [4.78, 5) is 20.4. The van der Waals surface area contributed by atoms with E-state index >= 15 is 0 Å². The van der Waals surface area contributed by atoms with Gasteiger partial charge in [-0.15, -0.1) is 0 Å². The fraction of sp³-hybridized carbons (Fsp3) is 0.375. The average Bonchev–Trinajstić information content (AvgIpc) is 3.00. The van der Waals surface area contributed by atoms with Crippen LogP contribution < -0.4 is 4.90 Å². The Morgan fingerprint density at radius 1 is 1.05 bits per heavy atom. The van der Waals surface area contributed by atoms with Crippen molar-refractivity contribution in [1.82, 2.24) is 14.5 Å². The third-order valence-electron chi connectivity index (χ3n) is 3.85. The molecule has 0 radical (unpaired) electrons. The van der Waals surface area contributed by atoms with Gasteiger partial charge in [0.05, 0.1) is 0 Å². The number of piperazine rings is 1. The lowest BCUT2D eigenvalue weighted by molar-refractivity contribution is 0.196. The van der Waals surface area contributed by atoms with Gasteiger partial charge in [-0.05, 0) is 37.1 Å². The van der Waals surface area contributed by atoms with E-state index < -0.39 is 0 Å². The maximum atomic E-state index is 12.2. The number of hydrogen-bond donors (Lipinski definition) is 0. The molecule has 2 heterocycles. The summed E-state index contributed by atoms with van der Waals surface area (Å²) in [5.41, 5.74) is 3.81. The Balaban J connectivity index is 1.66. The van der Waals surface area contributed by atoms with Gasteiger partial charge in [-0.1, -0.05) is 6.07 Å². The highest BCUT2D eigenvalue weighted by Crippen LogP contribution is 2.20. The summed E-state index contributed by atoms with van der Waals surface area (Å²) in [6.45, 7) is 7.45. The van der Waals surface area contributed by atoms with Crippen LogP contribution in [0.1, 0.15) is 11.1 Å². The van der Waals surface area contributed by atoms with Crippen LogP contribution in [-0.4, -0.2) is 46.7 Å². The minimum absolute atomic E-state index is 0.00701. The van der Waals surface area contributed by atoms with Crippen molar-refractivity contribution in [3.8, 4) is 0 Å². The largest absolute Gasteiger partial charge is 0.368 e. The molecule has 110 valence electrons. The number of aromatic nitrogens is 2. The molecule has 0 aliphatic carbocycles. The van der Waals surface area contributed by atoms with E-state index in [9.17, 15) is 4.79 Å². The monoisotopic (exact) mass is 284 g/mol. The van der Waals surface area contributed by atoms with Crippen LogP contribution in [0.5, 0.6) is 0 Å². The summed E-state index contributed by atoms with van der Waals surface area (Å²) in [5, 5.41) is 0. The number of aryl methyl sites for hydroxylation is 2. The zero-order chi connectivity index (χ0) is 14.8. The Labute approximate surface area is 124 Å². The van der Waals surface area contributed by atoms with Crippen molar-refractivity contribution in [2.24, 2.45) is 0 Å². The molecule has 1 amide bonds. The van der Waals surface area contributed by atoms with Crippen LogP contribution in [-0.2, 0) is 0 Å². The van der Waals surface area contributed by atoms with Crippen LogP contribution in [0.4, 0.5) is 10.5 Å². The van der Waals surface area contributed by atoms with Crippen molar-refractivity contribution < 1.29 is 4.79 Å². The maximum Gasteiger partial charge on any atom is 0.329 e. The van der Waals surface area contributed by atoms with Crippen LogP contribution >= 0.6 is 0 Å². The third-order valence-corrected chi connectivity index (χ3v) is 3.85. The Bertz CT molecular complexity index is 607.